The lowest BCUT2D eigenvalue weighted by Gasteiger charge is -2.15. The Bertz CT molecular complexity index is 820. The molecule has 27 heavy (non-hydrogen) atoms. The van der Waals surface area contributed by atoms with Crippen LogP contribution in [0.1, 0.15) is 31.7 Å². The van der Waals surface area contributed by atoms with E-state index in [0.29, 0.717) is 30.2 Å². The Morgan fingerprint density at radius 2 is 1.81 bits per heavy atom. The van der Waals surface area contributed by atoms with Crippen LogP contribution < -0.4 is 19.9 Å². The van der Waals surface area contributed by atoms with Crippen molar-refractivity contribution in [2.75, 3.05) is 26.0 Å². The Hall–Kier alpha value is -2.25. The molecule has 0 saturated carbocycles. The van der Waals surface area contributed by atoms with Gasteiger partial charge in [0, 0.05) is 12.2 Å². The zero-order chi connectivity index (χ0) is 19.7. The van der Waals surface area contributed by atoms with Crippen LogP contribution in [0.15, 0.2) is 47.4 Å². The van der Waals surface area contributed by atoms with Crippen LogP contribution in [-0.2, 0) is 16.4 Å². The fourth-order valence-electron chi connectivity index (χ4n) is 2.66. The summed E-state index contributed by atoms with van der Waals surface area (Å²) in [6.07, 6.45) is 3.69. The van der Waals surface area contributed by atoms with Crippen molar-refractivity contribution in [1.29, 1.82) is 0 Å². The first-order valence-electron chi connectivity index (χ1n) is 9.12. The monoisotopic (exact) mass is 392 g/mol. The third-order valence-corrected chi connectivity index (χ3v) is 5.63. The summed E-state index contributed by atoms with van der Waals surface area (Å²) in [6.45, 7) is 3.01. The van der Waals surface area contributed by atoms with E-state index in [1.807, 2.05) is 18.2 Å². The molecule has 3 N–H and O–H groups in total. The number of hydrogen-bond acceptors (Lipinski definition) is 5. The summed E-state index contributed by atoms with van der Waals surface area (Å²) in [5.74, 6) is 1.34. The third-order valence-electron chi connectivity index (χ3n) is 4.15. The highest BCUT2D eigenvalue weighted by Crippen LogP contribution is 2.31. The van der Waals surface area contributed by atoms with Gasteiger partial charge in [-0.15, -0.1) is 0 Å². The molecule has 0 bridgehead atoms. The second-order valence-electron chi connectivity index (χ2n) is 6.22. The standard InChI is InChI=1S/C20H28N2O4S/c1-3-4-5-15-26-20-16(7-6-8-19(20)25-2)13-14-22-27(23,24)18-11-9-17(21)10-12-18/h6-12,22H,3-5,13-15,21H2,1-2H3. The van der Waals surface area contributed by atoms with Crippen LogP contribution in [-0.4, -0.2) is 28.7 Å². The lowest BCUT2D eigenvalue weighted by molar-refractivity contribution is 0.283. The Labute approximate surface area is 161 Å². The first-order chi connectivity index (χ1) is 13.0. The molecule has 6 nitrogen and oxygen atoms in total. The fraction of sp³-hybridized carbons (Fsp3) is 0.400. The van der Waals surface area contributed by atoms with Crippen LogP contribution in [0.4, 0.5) is 5.69 Å². The minimum Gasteiger partial charge on any atom is -0.493 e. The molecule has 0 saturated heterocycles. The first kappa shape index (κ1) is 21.1. The Kier molecular flexibility index (Phi) is 7.94. The van der Waals surface area contributed by atoms with E-state index in [-0.39, 0.29) is 11.4 Å². The molecule has 0 heterocycles. The third kappa shape index (κ3) is 6.15. The number of ether oxygens (including phenoxy) is 2. The quantitative estimate of drug-likeness (QED) is 0.452. The highest BCUT2D eigenvalue weighted by atomic mass is 32.2. The number of nitrogens with two attached hydrogens (primary N) is 1. The van der Waals surface area contributed by atoms with Gasteiger partial charge in [-0.25, -0.2) is 13.1 Å². The smallest absolute Gasteiger partial charge is 0.240 e. The van der Waals surface area contributed by atoms with Gasteiger partial charge in [0.15, 0.2) is 11.5 Å². The highest BCUT2D eigenvalue weighted by Gasteiger charge is 2.15. The minimum atomic E-state index is -3.58. The Morgan fingerprint density at radius 1 is 1.07 bits per heavy atom. The van der Waals surface area contributed by atoms with Crippen LogP contribution >= 0.6 is 0 Å². The molecule has 148 valence electrons. The number of hydrogen-bond donors (Lipinski definition) is 2. The van der Waals surface area contributed by atoms with E-state index in [4.69, 9.17) is 15.2 Å². The maximum atomic E-state index is 12.4. The number of sulfonamides is 1. The van der Waals surface area contributed by atoms with Crippen molar-refractivity contribution in [2.24, 2.45) is 0 Å². The Balaban J connectivity index is 2.03. The molecule has 2 aromatic carbocycles. The van der Waals surface area contributed by atoms with E-state index in [1.54, 1.807) is 19.2 Å². The van der Waals surface area contributed by atoms with Crippen molar-refractivity contribution in [3.63, 3.8) is 0 Å². The number of benzene rings is 2. The summed E-state index contributed by atoms with van der Waals surface area (Å²) >= 11 is 0. The summed E-state index contributed by atoms with van der Waals surface area (Å²) in [4.78, 5) is 0.193. The molecular weight excluding hydrogens is 364 g/mol. The highest BCUT2D eigenvalue weighted by molar-refractivity contribution is 7.89. The molecule has 0 aliphatic carbocycles. The number of anilines is 1. The summed E-state index contributed by atoms with van der Waals surface area (Å²) in [7, 11) is -1.98. The van der Waals surface area contributed by atoms with Gasteiger partial charge in [-0.2, -0.15) is 0 Å². The molecular formula is C20H28N2O4S. The first-order valence-corrected chi connectivity index (χ1v) is 10.6. The van der Waals surface area contributed by atoms with Gasteiger partial charge in [-0.1, -0.05) is 31.9 Å². The molecule has 0 aliphatic rings. The van der Waals surface area contributed by atoms with Crippen LogP contribution in [0, 0.1) is 0 Å². The number of nitrogens with one attached hydrogen (secondary N) is 1. The van der Waals surface area contributed by atoms with Crippen molar-refractivity contribution in [1.82, 2.24) is 4.72 Å². The summed E-state index contributed by atoms with van der Waals surface area (Å²) in [5.41, 5.74) is 7.04. The van der Waals surface area contributed by atoms with Gasteiger partial charge in [0.1, 0.15) is 0 Å². The minimum absolute atomic E-state index is 0.193. The van der Waals surface area contributed by atoms with Crippen LogP contribution in [0.25, 0.3) is 0 Å². The van der Waals surface area contributed by atoms with Gasteiger partial charge in [0.05, 0.1) is 18.6 Å². The van der Waals surface area contributed by atoms with E-state index in [9.17, 15) is 8.42 Å². The molecule has 7 heteroatoms. The molecule has 0 atom stereocenters. The van der Waals surface area contributed by atoms with E-state index in [1.165, 1.54) is 12.1 Å². The molecule has 2 rings (SSSR count). The lowest BCUT2D eigenvalue weighted by Crippen LogP contribution is -2.26. The van der Waals surface area contributed by atoms with Gasteiger partial charge in [0.2, 0.25) is 10.0 Å². The van der Waals surface area contributed by atoms with E-state index in [2.05, 4.69) is 11.6 Å². The predicted octanol–water partition coefficient (Wildman–Crippen LogP) is 3.37. The number of nitrogen functional groups attached to an aromatic ring is 1. The largest absolute Gasteiger partial charge is 0.493 e. The molecule has 0 radical (unpaired) electrons. The molecule has 0 unspecified atom stereocenters. The molecule has 2 aromatic rings. The average Bonchev–Trinajstić information content (AvgIpc) is 2.66. The number of para-hydroxylation sites is 1. The van der Waals surface area contributed by atoms with E-state index < -0.39 is 10.0 Å². The van der Waals surface area contributed by atoms with Crippen molar-refractivity contribution in [2.45, 2.75) is 37.5 Å². The van der Waals surface area contributed by atoms with Crippen molar-refractivity contribution < 1.29 is 17.9 Å². The predicted molar refractivity (Wildman–Crippen MR) is 108 cm³/mol. The molecule has 0 amide bonds. The summed E-state index contributed by atoms with van der Waals surface area (Å²) in [6, 6.07) is 11.8. The maximum Gasteiger partial charge on any atom is 0.240 e. The zero-order valence-electron chi connectivity index (χ0n) is 15.9. The molecule has 0 aromatic heterocycles. The van der Waals surface area contributed by atoms with Gasteiger partial charge < -0.3 is 15.2 Å². The zero-order valence-corrected chi connectivity index (χ0v) is 16.7. The van der Waals surface area contributed by atoms with Crippen LogP contribution in [0.3, 0.4) is 0 Å². The van der Waals surface area contributed by atoms with Gasteiger partial charge in [-0.3, -0.25) is 0 Å². The van der Waals surface area contributed by atoms with Gasteiger partial charge >= 0.3 is 0 Å². The second-order valence-corrected chi connectivity index (χ2v) is 7.99. The van der Waals surface area contributed by atoms with Gasteiger partial charge in [-0.05, 0) is 48.7 Å². The van der Waals surface area contributed by atoms with Crippen LogP contribution in [0.2, 0.25) is 0 Å². The average molecular weight is 393 g/mol. The summed E-state index contributed by atoms with van der Waals surface area (Å²) in [5, 5.41) is 0. The van der Waals surface area contributed by atoms with Gasteiger partial charge in [0.25, 0.3) is 0 Å². The molecule has 0 spiro atoms. The second kappa shape index (κ2) is 10.2. The molecule has 0 fully saturated rings. The van der Waals surface area contributed by atoms with Crippen molar-refractivity contribution in [3.05, 3.63) is 48.0 Å². The van der Waals surface area contributed by atoms with E-state index >= 15 is 0 Å². The van der Waals surface area contributed by atoms with Crippen LogP contribution in [0.5, 0.6) is 11.5 Å². The summed E-state index contributed by atoms with van der Waals surface area (Å²) < 4.78 is 38.7. The number of methoxy groups -OCH3 is 1. The topological polar surface area (TPSA) is 90.7 Å². The SMILES string of the molecule is CCCCCOc1c(CCNS(=O)(=O)c2ccc(N)cc2)cccc1OC. The van der Waals surface area contributed by atoms with Crippen molar-refractivity contribution in [3.8, 4) is 11.5 Å². The molecule has 0 aliphatic heterocycles. The lowest BCUT2D eigenvalue weighted by atomic mass is 10.1. The normalized spacial score (nSPS) is 11.3. The number of rotatable bonds is 11. The number of unbranched alkanes of at least 4 members (excludes halogenated alkanes) is 2. The maximum absolute atomic E-state index is 12.4. The Morgan fingerprint density at radius 3 is 2.48 bits per heavy atom. The van der Waals surface area contributed by atoms with Crippen molar-refractivity contribution >= 4 is 15.7 Å². The fourth-order valence-corrected chi connectivity index (χ4v) is 3.69. The van der Waals surface area contributed by atoms with E-state index in [0.717, 1.165) is 24.8 Å².